The predicted molar refractivity (Wildman–Crippen MR) is 117 cm³/mol. The summed E-state index contributed by atoms with van der Waals surface area (Å²) in [5.41, 5.74) is 0.358. The molecule has 1 aromatic rings. The maximum Gasteiger partial charge on any atom is 0.331 e. The molecule has 0 bridgehead atoms. The standard InChI is InChI=1S/C20H27N3O7S2/c1-3-4-10-23(15-9-11-31(26,27)13-15)18(24)12-30-20(25)14(2)21-19-16-7-5-6-8-17(16)32(28,29)22-19/h5-8,14-15H,3-4,9-13H2,1-2H3,(H,21,22)/t14-,15?/m0/s1. The molecule has 1 unspecified atom stereocenters. The van der Waals surface area contributed by atoms with Crippen LogP contribution in [0.25, 0.3) is 0 Å². The number of nitrogens with zero attached hydrogens (tertiary/aromatic N) is 2. The van der Waals surface area contributed by atoms with E-state index in [1.54, 1.807) is 18.2 Å². The molecule has 1 aromatic carbocycles. The number of amidine groups is 1. The van der Waals surface area contributed by atoms with Crippen LogP contribution in [-0.2, 0) is 34.2 Å². The first-order valence-electron chi connectivity index (χ1n) is 10.4. The molecule has 0 aliphatic carbocycles. The van der Waals surface area contributed by atoms with E-state index < -0.39 is 50.4 Å². The number of unbranched alkanes of at least 4 members (excludes halogenated alkanes) is 1. The Morgan fingerprint density at radius 3 is 2.62 bits per heavy atom. The van der Waals surface area contributed by atoms with Crippen molar-refractivity contribution in [1.29, 1.82) is 0 Å². The van der Waals surface area contributed by atoms with Gasteiger partial charge in [0.25, 0.3) is 15.9 Å². The normalized spacial score (nSPS) is 22.7. The van der Waals surface area contributed by atoms with E-state index in [1.165, 1.54) is 17.9 Å². The van der Waals surface area contributed by atoms with E-state index in [0.717, 1.165) is 6.42 Å². The van der Waals surface area contributed by atoms with Crippen LogP contribution in [0.2, 0.25) is 0 Å². The Labute approximate surface area is 188 Å². The SMILES string of the molecule is CCCCN(C(=O)COC(=O)[C@H](C)N=C1NS(=O)(=O)c2ccccc21)C1CCS(=O)(=O)C1. The number of carbonyl (C=O) groups is 2. The molecule has 2 atom stereocenters. The summed E-state index contributed by atoms with van der Waals surface area (Å²) >= 11 is 0. The average molecular weight is 486 g/mol. The van der Waals surface area contributed by atoms with Gasteiger partial charge in [-0.15, -0.1) is 0 Å². The third-order valence-corrected chi connectivity index (χ3v) is 8.53. The number of amides is 1. The molecule has 0 aromatic heterocycles. The molecule has 32 heavy (non-hydrogen) atoms. The lowest BCUT2D eigenvalue weighted by Crippen LogP contribution is -2.44. The fraction of sp³-hybridized carbons (Fsp3) is 0.550. The van der Waals surface area contributed by atoms with Crippen molar-refractivity contribution in [2.45, 2.75) is 50.1 Å². The third-order valence-electron chi connectivity index (χ3n) is 5.39. The van der Waals surface area contributed by atoms with Gasteiger partial charge in [0.1, 0.15) is 11.9 Å². The summed E-state index contributed by atoms with van der Waals surface area (Å²) < 4.78 is 55.4. The van der Waals surface area contributed by atoms with Gasteiger partial charge in [-0.2, -0.15) is 0 Å². The van der Waals surface area contributed by atoms with Gasteiger partial charge in [-0.1, -0.05) is 25.5 Å². The molecule has 3 rings (SSSR count). The summed E-state index contributed by atoms with van der Waals surface area (Å²) in [6.45, 7) is 3.26. The number of sulfonamides is 1. The van der Waals surface area contributed by atoms with Gasteiger partial charge in [-0.25, -0.2) is 21.6 Å². The quantitative estimate of drug-likeness (QED) is 0.528. The number of esters is 1. The summed E-state index contributed by atoms with van der Waals surface area (Å²) in [7, 11) is -6.90. The highest BCUT2D eigenvalue weighted by Crippen LogP contribution is 2.23. The molecule has 2 aliphatic heterocycles. The number of benzene rings is 1. The van der Waals surface area contributed by atoms with E-state index in [1.807, 2.05) is 6.92 Å². The second kappa shape index (κ2) is 9.57. The fourth-order valence-corrected chi connectivity index (χ4v) is 6.64. The fourth-order valence-electron chi connectivity index (χ4n) is 3.67. The molecular weight excluding hydrogens is 458 g/mol. The lowest BCUT2D eigenvalue weighted by Gasteiger charge is -2.28. The van der Waals surface area contributed by atoms with Crippen LogP contribution < -0.4 is 4.72 Å². The van der Waals surface area contributed by atoms with Crippen molar-refractivity contribution in [3.8, 4) is 0 Å². The van der Waals surface area contributed by atoms with E-state index in [4.69, 9.17) is 4.74 Å². The summed E-state index contributed by atoms with van der Waals surface area (Å²) in [5, 5.41) is 0. The van der Waals surface area contributed by atoms with E-state index >= 15 is 0 Å². The Morgan fingerprint density at radius 1 is 1.25 bits per heavy atom. The zero-order valence-corrected chi connectivity index (χ0v) is 19.6. The average Bonchev–Trinajstić information content (AvgIpc) is 3.22. The van der Waals surface area contributed by atoms with Crippen LogP contribution in [0.4, 0.5) is 0 Å². The Bertz CT molecular complexity index is 1130. The molecule has 12 heteroatoms. The van der Waals surface area contributed by atoms with Crippen molar-refractivity contribution in [1.82, 2.24) is 9.62 Å². The number of sulfone groups is 1. The number of ether oxygens (including phenoxy) is 1. The van der Waals surface area contributed by atoms with Crippen molar-refractivity contribution < 1.29 is 31.2 Å². The van der Waals surface area contributed by atoms with E-state index in [0.29, 0.717) is 24.9 Å². The van der Waals surface area contributed by atoms with Crippen molar-refractivity contribution in [3.63, 3.8) is 0 Å². The predicted octanol–water partition coefficient (Wildman–Crippen LogP) is 0.473. The Balaban J connectivity index is 1.64. The number of aliphatic imine (C=N–C) groups is 1. The van der Waals surface area contributed by atoms with Crippen molar-refractivity contribution >= 4 is 37.6 Å². The molecule has 176 valence electrons. The first-order chi connectivity index (χ1) is 15.0. The number of hydrogen-bond acceptors (Lipinski definition) is 8. The minimum absolute atomic E-state index is 0.0390. The van der Waals surface area contributed by atoms with Gasteiger partial charge in [0.15, 0.2) is 16.4 Å². The van der Waals surface area contributed by atoms with Gasteiger partial charge in [0.05, 0.1) is 16.4 Å². The maximum atomic E-state index is 12.7. The molecule has 0 radical (unpaired) electrons. The summed E-state index contributed by atoms with van der Waals surface area (Å²) in [4.78, 5) is 30.8. The summed E-state index contributed by atoms with van der Waals surface area (Å²) in [6, 6.07) is 4.80. The lowest BCUT2D eigenvalue weighted by molar-refractivity contribution is -0.153. The number of carbonyl (C=O) groups excluding carboxylic acids is 2. The first-order valence-corrected chi connectivity index (χ1v) is 13.7. The van der Waals surface area contributed by atoms with Crippen LogP contribution in [0.3, 0.4) is 0 Å². The largest absolute Gasteiger partial charge is 0.454 e. The number of fused-ring (bicyclic) bond motifs is 1. The van der Waals surface area contributed by atoms with Gasteiger partial charge in [-0.3, -0.25) is 14.5 Å². The molecule has 1 N–H and O–H groups in total. The van der Waals surface area contributed by atoms with E-state index in [2.05, 4.69) is 9.71 Å². The van der Waals surface area contributed by atoms with E-state index in [9.17, 15) is 26.4 Å². The highest BCUT2D eigenvalue weighted by molar-refractivity contribution is 7.91. The molecule has 2 heterocycles. The Morgan fingerprint density at radius 2 is 1.97 bits per heavy atom. The van der Waals surface area contributed by atoms with Gasteiger partial charge in [0.2, 0.25) is 0 Å². The summed E-state index contributed by atoms with van der Waals surface area (Å²) in [5.74, 6) is -1.25. The van der Waals surface area contributed by atoms with Crippen molar-refractivity contribution in [2.24, 2.45) is 4.99 Å². The highest BCUT2D eigenvalue weighted by atomic mass is 32.2. The molecule has 10 nitrogen and oxygen atoms in total. The topological polar surface area (TPSA) is 139 Å². The van der Waals surface area contributed by atoms with Crippen LogP contribution in [0.1, 0.15) is 38.7 Å². The molecule has 2 aliphatic rings. The van der Waals surface area contributed by atoms with Gasteiger partial charge >= 0.3 is 5.97 Å². The van der Waals surface area contributed by atoms with Crippen LogP contribution in [-0.4, -0.2) is 76.2 Å². The first kappa shape index (κ1) is 24.2. The molecule has 1 saturated heterocycles. The Hall–Kier alpha value is -2.47. The smallest absolute Gasteiger partial charge is 0.331 e. The number of rotatable bonds is 8. The minimum Gasteiger partial charge on any atom is -0.454 e. The molecule has 1 fully saturated rings. The van der Waals surface area contributed by atoms with Crippen LogP contribution >= 0.6 is 0 Å². The Kier molecular flexibility index (Phi) is 7.23. The van der Waals surface area contributed by atoms with Crippen molar-refractivity contribution in [2.75, 3.05) is 24.7 Å². The van der Waals surface area contributed by atoms with Gasteiger partial charge < -0.3 is 9.64 Å². The number of hydrogen-bond donors (Lipinski definition) is 1. The van der Waals surface area contributed by atoms with Gasteiger partial charge in [-0.05, 0) is 31.9 Å². The zero-order valence-electron chi connectivity index (χ0n) is 18.0. The monoisotopic (exact) mass is 485 g/mol. The van der Waals surface area contributed by atoms with Crippen LogP contribution in [0, 0.1) is 0 Å². The summed E-state index contributed by atoms with van der Waals surface area (Å²) in [6.07, 6.45) is 1.91. The van der Waals surface area contributed by atoms with E-state index in [-0.39, 0.29) is 22.2 Å². The minimum atomic E-state index is -3.73. The van der Waals surface area contributed by atoms with Crippen molar-refractivity contribution in [3.05, 3.63) is 29.8 Å². The molecule has 0 saturated carbocycles. The lowest BCUT2D eigenvalue weighted by atomic mass is 10.2. The maximum absolute atomic E-state index is 12.7. The second-order valence-corrected chi connectivity index (χ2v) is 11.7. The third kappa shape index (κ3) is 5.47. The second-order valence-electron chi connectivity index (χ2n) is 7.86. The molecular formula is C20H27N3O7S2. The van der Waals surface area contributed by atoms with Crippen LogP contribution in [0.15, 0.2) is 34.2 Å². The molecule has 1 amide bonds. The number of nitrogens with one attached hydrogen (secondary N) is 1. The van der Waals surface area contributed by atoms with Gasteiger partial charge in [0, 0.05) is 18.2 Å². The zero-order chi connectivity index (χ0) is 23.5. The highest BCUT2D eigenvalue weighted by Gasteiger charge is 2.35. The molecule has 0 spiro atoms. The van der Waals surface area contributed by atoms with Crippen LogP contribution in [0.5, 0.6) is 0 Å².